The second-order valence-corrected chi connectivity index (χ2v) is 9.01. The molecule has 3 aromatic rings. The molecule has 8 heteroatoms. The van der Waals surface area contributed by atoms with Crippen molar-refractivity contribution in [2.75, 3.05) is 18.0 Å². The summed E-state index contributed by atoms with van der Waals surface area (Å²) in [6, 6.07) is 2.26. The summed E-state index contributed by atoms with van der Waals surface area (Å²) < 4.78 is 1.77. The average molecular weight is 397 g/mol. The van der Waals surface area contributed by atoms with Gasteiger partial charge in [-0.05, 0) is 68.0 Å². The van der Waals surface area contributed by atoms with Crippen molar-refractivity contribution in [1.29, 1.82) is 0 Å². The minimum Gasteiger partial charge on any atom is -0.367 e. The number of hydrogen-bond acceptors (Lipinski definition) is 6. The van der Waals surface area contributed by atoms with Crippen LogP contribution in [0.3, 0.4) is 0 Å². The Morgan fingerprint density at radius 2 is 1.96 bits per heavy atom. The second-order valence-electron chi connectivity index (χ2n) is 8.09. The van der Waals surface area contributed by atoms with Gasteiger partial charge in [0.15, 0.2) is 0 Å². The third-order valence-electron chi connectivity index (χ3n) is 6.41. The number of aryl methyl sites for hydroxylation is 2. The average Bonchev–Trinajstić information content (AvgIpc) is 3.34. The van der Waals surface area contributed by atoms with Gasteiger partial charge in [0.25, 0.3) is 5.91 Å². The highest BCUT2D eigenvalue weighted by molar-refractivity contribution is 7.12. The Balaban J connectivity index is 1.41. The van der Waals surface area contributed by atoms with Crippen LogP contribution >= 0.6 is 11.3 Å². The molecular weight excluding hydrogens is 372 g/mol. The van der Waals surface area contributed by atoms with Gasteiger partial charge in [-0.3, -0.25) is 4.79 Å². The molecule has 146 valence electrons. The lowest BCUT2D eigenvalue weighted by molar-refractivity contribution is 0.0914. The zero-order valence-corrected chi connectivity index (χ0v) is 17.2. The van der Waals surface area contributed by atoms with E-state index in [4.69, 9.17) is 0 Å². The van der Waals surface area contributed by atoms with E-state index in [2.05, 4.69) is 32.4 Å². The topological polar surface area (TPSA) is 75.4 Å². The van der Waals surface area contributed by atoms with Crippen LogP contribution in [0.1, 0.15) is 39.3 Å². The first kappa shape index (κ1) is 17.6. The fourth-order valence-electron chi connectivity index (χ4n) is 4.88. The SMILES string of the molecule is Cc1ccsc1C(=O)NC1[C@@H]2CC[C@H]1CN(c1c(C)c(C)nn3cnnc13)C2. The summed E-state index contributed by atoms with van der Waals surface area (Å²) in [5.41, 5.74) is 5.18. The van der Waals surface area contributed by atoms with Crippen LogP contribution in [0.4, 0.5) is 5.69 Å². The van der Waals surface area contributed by atoms with Crippen LogP contribution in [-0.4, -0.2) is 44.8 Å². The molecule has 2 fully saturated rings. The molecule has 2 aliphatic rings. The van der Waals surface area contributed by atoms with Gasteiger partial charge < -0.3 is 10.2 Å². The minimum absolute atomic E-state index is 0.0821. The maximum atomic E-state index is 12.8. The van der Waals surface area contributed by atoms with E-state index in [-0.39, 0.29) is 11.9 Å². The van der Waals surface area contributed by atoms with E-state index in [0.29, 0.717) is 11.8 Å². The zero-order chi connectivity index (χ0) is 19.4. The molecule has 1 aliphatic carbocycles. The highest BCUT2D eigenvalue weighted by Gasteiger charge is 2.43. The third-order valence-corrected chi connectivity index (χ3v) is 7.43. The maximum Gasteiger partial charge on any atom is 0.261 e. The first-order valence-corrected chi connectivity index (χ1v) is 10.7. The Kier molecular flexibility index (Phi) is 4.12. The Bertz CT molecular complexity index is 1040. The van der Waals surface area contributed by atoms with Crippen molar-refractivity contribution >= 4 is 28.6 Å². The number of anilines is 1. The molecule has 4 heterocycles. The van der Waals surface area contributed by atoms with Gasteiger partial charge in [0.2, 0.25) is 5.65 Å². The molecule has 0 aromatic carbocycles. The summed E-state index contributed by atoms with van der Waals surface area (Å²) >= 11 is 1.53. The standard InChI is InChI=1S/C20H24N6OS/c1-11-6-7-28-18(11)20(27)22-16-14-4-5-15(16)9-25(8-14)17-12(2)13(3)24-26-10-21-23-19(17)26/h6-7,10,14-16H,4-5,8-9H2,1-3H3,(H,22,27)/t14-,15+,16?. The van der Waals surface area contributed by atoms with E-state index >= 15 is 0 Å². The van der Waals surface area contributed by atoms with Gasteiger partial charge in [-0.15, -0.1) is 21.5 Å². The Morgan fingerprint density at radius 1 is 1.21 bits per heavy atom. The zero-order valence-electron chi connectivity index (χ0n) is 16.3. The van der Waals surface area contributed by atoms with Gasteiger partial charge in [-0.1, -0.05) is 0 Å². The van der Waals surface area contributed by atoms with Gasteiger partial charge in [0, 0.05) is 19.1 Å². The summed E-state index contributed by atoms with van der Waals surface area (Å²) in [4.78, 5) is 16.0. The fraction of sp³-hybridized carbons (Fsp3) is 0.500. The van der Waals surface area contributed by atoms with Crippen LogP contribution in [0.15, 0.2) is 17.8 Å². The molecule has 3 aromatic heterocycles. The fourth-order valence-corrected chi connectivity index (χ4v) is 5.70. The molecule has 1 unspecified atom stereocenters. The molecule has 7 nitrogen and oxygen atoms in total. The normalized spacial score (nSPS) is 24.1. The number of amides is 1. The van der Waals surface area contributed by atoms with Crippen LogP contribution in [0, 0.1) is 32.6 Å². The van der Waals surface area contributed by atoms with Gasteiger partial charge in [-0.25, -0.2) is 0 Å². The molecule has 28 heavy (non-hydrogen) atoms. The number of aromatic nitrogens is 4. The number of piperidine rings is 1. The monoisotopic (exact) mass is 396 g/mol. The number of hydrogen-bond donors (Lipinski definition) is 1. The van der Waals surface area contributed by atoms with Gasteiger partial charge in [0.1, 0.15) is 6.33 Å². The van der Waals surface area contributed by atoms with Crippen molar-refractivity contribution in [2.24, 2.45) is 11.8 Å². The van der Waals surface area contributed by atoms with Crippen molar-refractivity contribution < 1.29 is 4.79 Å². The van der Waals surface area contributed by atoms with Crippen LogP contribution in [0.2, 0.25) is 0 Å². The maximum absolute atomic E-state index is 12.8. The Morgan fingerprint density at radius 3 is 2.64 bits per heavy atom. The lowest BCUT2D eigenvalue weighted by Gasteiger charge is -2.40. The summed E-state index contributed by atoms with van der Waals surface area (Å²) in [5, 5.41) is 18.3. The lowest BCUT2D eigenvalue weighted by Crippen LogP contribution is -2.53. The molecule has 2 bridgehead atoms. The number of carbonyl (C=O) groups is 1. The molecule has 1 saturated carbocycles. The van der Waals surface area contributed by atoms with Gasteiger partial charge in [-0.2, -0.15) is 9.61 Å². The molecule has 1 N–H and O–H groups in total. The number of carbonyl (C=O) groups excluding carboxylic acids is 1. The molecule has 0 radical (unpaired) electrons. The van der Waals surface area contributed by atoms with Crippen molar-refractivity contribution in [1.82, 2.24) is 25.1 Å². The predicted octanol–water partition coefficient (Wildman–Crippen LogP) is 2.76. The van der Waals surface area contributed by atoms with Crippen molar-refractivity contribution in [3.05, 3.63) is 39.5 Å². The summed E-state index contributed by atoms with van der Waals surface area (Å²) in [6.45, 7) is 8.00. The van der Waals surface area contributed by atoms with Crippen molar-refractivity contribution in [2.45, 2.75) is 39.7 Å². The molecule has 1 saturated heterocycles. The second kappa shape index (κ2) is 6.55. The lowest BCUT2D eigenvalue weighted by atomic mass is 9.91. The van der Waals surface area contributed by atoms with Crippen LogP contribution in [0.25, 0.3) is 5.65 Å². The number of rotatable bonds is 3. The quantitative estimate of drug-likeness (QED) is 0.737. The molecule has 0 spiro atoms. The number of nitrogens with one attached hydrogen (secondary N) is 1. The van der Waals surface area contributed by atoms with Crippen LogP contribution in [0.5, 0.6) is 0 Å². The van der Waals surface area contributed by atoms with E-state index in [0.717, 1.165) is 59.0 Å². The van der Waals surface area contributed by atoms with E-state index in [1.54, 1.807) is 10.8 Å². The summed E-state index contributed by atoms with van der Waals surface area (Å²) in [6.07, 6.45) is 3.97. The van der Waals surface area contributed by atoms with Gasteiger partial charge in [0.05, 0.1) is 16.3 Å². The highest BCUT2D eigenvalue weighted by atomic mass is 32.1. The smallest absolute Gasteiger partial charge is 0.261 e. The van der Waals surface area contributed by atoms with E-state index in [1.165, 1.54) is 11.3 Å². The molecule has 3 atom stereocenters. The molecule has 5 rings (SSSR count). The van der Waals surface area contributed by atoms with Crippen LogP contribution in [-0.2, 0) is 0 Å². The summed E-state index contributed by atoms with van der Waals surface area (Å²) in [7, 11) is 0. The van der Waals surface area contributed by atoms with Crippen molar-refractivity contribution in [3.63, 3.8) is 0 Å². The minimum atomic E-state index is 0.0821. The Labute approximate surface area is 167 Å². The molecule has 1 amide bonds. The molecular formula is C20H24N6OS. The van der Waals surface area contributed by atoms with Crippen molar-refractivity contribution in [3.8, 4) is 0 Å². The van der Waals surface area contributed by atoms with E-state index in [9.17, 15) is 4.79 Å². The largest absolute Gasteiger partial charge is 0.367 e. The van der Waals surface area contributed by atoms with E-state index in [1.807, 2.05) is 25.3 Å². The predicted molar refractivity (Wildman–Crippen MR) is 109 cm³/mol. The first-order chi connectivity index (χ1) is 13.5. The van der Waals surface area contributed by atoms with Gasteiger partial charge >= 0.3 is 0 Å². The Hall–Kier alpha value is -2.48. The molecule has 1 aliphatic heterocycles. The third kappa shape index (κ3) is 2.70. The van der Waals surface area contributed by atoms with Crippen LogP contribution < -0.4 is 10.2 Å². The van der Waals surface area contributed by atoms with E-state index < -0.39 is 0 Å². The number of nitrogens with zero attached hydrogens (tertiary/aromatic N) is 5. The number of fused-ring (bicyclic) bond motifs is 3. The first-order valence-electron chi connectivity index (χ1n) is 9.80. The highest BCUT2D eigenvalue weighted by Crippen LogP contribution is 2.40. The summed E-state index contributed by atoms with van der Waals surface area (Å²) in [5.74, 6) is 0.997. The number of thiophene rings is 1.